The van der Waals surface area contributed by atoms with Gasteiger partial charge in [-0.15, -0.1) is 0 Å². The Morgan fingerprint density at radius 1 is 1.07 bits per heavy atom. The lowest BCUT2D eigenvalue weighted by molar-refractivity contribution is -0.145. The van der Waals surface area contributed by atoms with Crippen molar-refractivity contribution in [1.82, 2.24) is 0 Å². The summed E-state index contributed by atoms with van der Waals surface area (Å²) in [5, 5.41) is 0. The van der Waals surface area contributed by atoms with E-state index in [2.05, 4.69) is 43.3 Å². The number of esters is 1. The van der Waals surface area contributed by atoms with Crippen molar-refractivity contribution >= 4 is 11.8 Å². The highest BCUT2D eigenvalue weighted by Gasteiger charge is 2.21. The molecule has 0 aliphatic heterocycles. The van der Waals surface area contributed by atoms with Crippen LogP contribution in [-0.4, -0.2) is 11.8 Å². The summed E-state index contributed by atoms with van der Waals surface area (Å²) in [4.78, 5) is 23.8. The van der Waals surface area contributed by atoms with Crippen LogP contribution in [0.2, 0.25) is 0 Å². The average Bonchev–Trinajstić information content (AvgIpc) is 2.68. The molecule has 3 rings (SSSR count). The number of ketones is 1. The molecule has 0 spiro atoms. The van der Waals surface area contributed by atoms with Crippen LogP contribution in [0, 0.1) is 12.8 Å². The van der Waals surface area contributed by atoms with E-state index in [0.29, 0.717) is 25.2 Å². The van der Waals surface area contributed by atoms with Crippen molar-refractivity contribution in [3.8, 4) is 11.1 Å². The SMILES string of the molecule is Cc1cccc(-c2ccc(COC(=O)CCCC3CCCCC3=O)cc2)c1. The van der Waals surface area contributed by atoms with Crippen LogP contribution in [-0.2, 0) is 20.9 Å². The van der Waals surface area contributed by atoms with E-state index in [4.69, 9.17) is 4.74 Å². The second-order valence-corrected chi connectivity index (χ2v) is 7.53. The molecule has 2 aromatic carbocycles. The van der Waals surface area contributed by atoms with Crippen LogP contribution in [0.5, 0.6) is 0 Å². The van der Waals surface area contributed by atoms with Gasteiger partial charge in [0.05, 0.1) is 0 Å². The number of Topliss-reactive ketones (excluding diaryl/α,β-unsaturated/α-hetero) is 1. The zero-order valence-electron chi connectivity index (χ0n) is 16.1. The molecule has 3 heteroatoms. The van der Waals surface area contributed by atoms with Gasteiger partial charge in [0, 0.05) is 18.8 Å². The van der Waals surface area contributed by atoms with E-state index in [1.54, 1.807) is 0 Å². The maximum Gasteiger partial charge on any atom is 0.306 e. The van der Waals surface area contributed by atoms with E-state index in [1.165, 1.54) is 11.1 Å². The summed E-state index contributed by atoms with van der Waals surface area (Å²) in [6.07, 6.45) is 5.82. The van der Waals surface area contributed by atoms with Gasteiger partial charge in [-0.1, -0.05) is 60.5 Å². The van der Waals surface area contributed by atoms with Gasteiger partial charge in [0.25, 0.3) is 0 Å². The minimum absolute atomic E-state index is 0.167. The van der Waals surface area contributed by atoms with Crippen LogP contribution in [0.1, 0.15) is 56.1 Å². The van der Waals surface area contributed by atoms with E-state index in [9.17, 15) is 9.59 Å². The normalized spacial score (nSPS) is 16.9. The number of rotatable bonds is 7. The highest BCUT2D eigenvalue weighted by molar-refractivity contribution is 5.81. The van der Waals surface area contributed by atoms with Gasteiger partial charge in [-0.05, 0) is 49.3 Å². The molecule has 0 aromatic heterocycles. The molecule has 1 aliphatic rings. The Labute approximate surface area is 161 Å². The fourth-order valence-corrected chi connectivity index (χ4v) is 3.71. The molecular formula is C24H28O3. The molecule has 0 saturated heterocycles. The van der Waals surface area contributed by atoms with E-state index >= 15 is 0 Å². The third kappa shape index (κ3) is 5.78. The first-order valence-corrected chi connectivity index (χ1v) is 9.96. The number of ether oxygens (including phenoxy) is 1. The highest BCUT2D eigenvalue weighted by atomic mass is 16.5. The first kappa shape index (κ1) is 19.3. The van der Waals surface area contributed by atoms with Crippen LogP contribution < -0.4 is 0 Å². The summed E-state index contributed by atoms with van der Waals surface area (Å²) >= 11 is 0. The molecule has 3 nitrogen and oxygen atoms in total. The zero-order valence-corrected chi connectivity index (χ0v) is 16.1. The van der Waals surface area contributed by atoms with Crippen LogP contribution >= 0.6 is 0 Å². The Kier molecular flexibility index (Phi) is 6.80. The Morgan fingerprint density at radius 3 is 2.63 bits per heavy atom. The summed E-state index contributed by atoms with van der Waals surface area (Å²) in [7, 11) is 0. The molecule has 1 unspecified atom stereocenters. The van der Waals surface area contributed by atoms with Gasteiger partial charge >= 0.3 is 5.97 Å². The minimum atomic E-state index is -0.180. The van der Waals surface area contributed by atoms with Gasteiger partial charge in [0.1, 0.15) is 12.4 Å². The molecule has 142 valence electrons. The van der Waals surface area contributed by atoms with Gasteiger partial charge in [0.2, 0.25) is 0 Å². The summed E-state index contributed by atoms with van der Waals surface area (Å²) < 4.78 is 5.39. The number of hydrogen-bond donors (Lipinski definition) is 0. The van der Waals surface area contributed by atoms with Gasteiger partial charge < -0.3 is 4.74 Å². The molecule has 0 heterocycles. The smallest absolute Gasteiger partial charge is 0.306 e. The Hall–Kier alpha value is -2.42. The highest BCUT2D eigenvalue weighted by Crippen LogP contribution is 2.25. The van der Waals surface area contributed by atoms with Crippen molar-refractivity contribution in [1.29, 1.82) is 0 Å². The third-order valence-corrected chi connectivity index (χ3v) is 5.32. The molecular weight excluding hydrogens is 336 g/mol. The van der Waals surface area contributed by atoms with Crippen molar-refractivity contribution in [3.05, 3.63) is 59.7 Å². The molecule has 2 aromatic rings. The maximum absolute atomic E-state index is 12.0. The second kappa shape index (κ2) is 9.50. The van der Waals surface area contributed by atoms with Crippen molar-refractivity contribution < 1.29 is 14.3 Å². The lowest BCUT2D eigenvalue weighted by atomic mass is 9.84. The van der Waals surface area contributed by atoms with Crippen LogP contribution in [0.4, 0.5) is 0 Å². The molecule has 1 atom stereocenters. The van der Waals surface area contributed by atoms with E-state index in [1.807, 2.05) is 12.1 Å². The van der Waals surface area contributed by atoms with Crippen molar-refractivity contribution in [2.24, 2.45) is 5.92 Å². The molecule has 0 radical (unpaired) electrons. The minimum Gasteiger partial charge on any atom is -0.461 e. The van der Waals surface area contributed by atoms with E-state index in [-0.39, 0.29) is 11.9 Å². The monoisotopic (exact) mass is 364 g/mol. The predicted molar refractivity (Wildman–Crippen MR) is 107 cm³/mol. The summed E-state index contributed by atoms with van der Waals surface area (Å²) in [6, 6.07) is 16.5. The fraction of sp³-hybridized carbons (Fsp3) is 0.417. The Morgan fingerprint density at radius 2 is 1.89 bits per heavy atom. The molecule has 0 N–H and O–H groups in total. The Balaban J connectivity index is 1.41. The van der Waals surface area contributed by atoms with Crippen molar-refractivity contribution in [2.45, 2.75) is 58.5 Å². The predicted octanol–water partition coefficient (Wildman–Crippen LogP) is 5.63. The van der Waals surface area contributed by atoms with Gasteiger partial charge in [-0.2, -0.15) is 0 Å². The quantitative estimate of drug-likeness (QED) is 0.598. The van der Waals surface area contributed by atoms with Crippen LogP contribution in [0.15, 0.2) is 48.5 Å². The molecule has 1 saturated carbocycles. The maximum atomic E-state index is 12.0. The fourth-order valence-electron chi connectivity index (χ4n) is 3.71. The van der Waals surface area contributed by atoms with Crippen LogP contribution in [0.3, 0.4) is 0 Å². The number of carbonyl (C=O) groups excluding carboxylic acids is 2. The molecule has 1 fully saturated rings. The number of aryl methyl sites for hydroxylation is 1. The number of benzene rings is 2. The van der Waals surface area contributed by atoms with E-state index < -0.39 is 0 Å². The standard InChI is InChI=1S/C24H28O3/c1-18-6-4-9-22(16-18)20-14-12-19(13-15-20)17-27-24(26)11-5-8-21-7-2-3-10-23(21)25/h4,6,9,12-16,21H,2-3,5,7-8,10-11,17H2,1H3. The summed E-state index contributed by atoms with van der Waals surface area (Å²) in [5.74, 6) is 0.366. The van der Waals surface area contributed by atoms with Crippen molar-refractivity contribution in [3.63, 3.8) is 0 Å². The Bertz CT molecular complexity index is 776. The lowest BCUT2D eigenvalue weighted by Gasteiger charge is -2.19. The van der Waals surface area contributed by atoms with Gasteiger partial charge in [-0.25, -0.2) is 0 Å². The number of carbonyl (C=O) groups is 2. The third-order valence-electron chi connectivity index (χ3n) is 5.32. The average molecular weight is 364 g/mol. The first-order valence-electron chi connectivity index (χ1n) is 9.96. The first-order chi connectivity index (χ1) is 13.1. The van der Waals surface area contributed by atoms with Crippen molar-refractivity contribution in [2.75, 3.05) is 0 Å². The molecule has 0 bridgehead atoms. The van der Waals surface area contributed by atoms with E-state index in [0.717, 1.165) is 43.2 Å². The molecule has 1 aliphatic carbocycles. The second-order valence-electron chi connectivity index (χ2n) is 7.53. The van der Waals surface area contributed by atoms with Gasteiger partial charge in [0.15, 0.2) is 0 Å². The molecule has 27 heavy (non-hydrogen) atoms. The largest absolute Gasteiger partial charge is 0.461 e. The zero-order chi connectivity index (χ0) is 19.1. The summed E-state index contributed by atoms with van der Waals surface area (Å²) in [6.45, 7) is 2.39. The summed E-state index contributed by atoms with van der Waals surface area (Å²) in [5.41, 5.74) is 4.57. The lowest BCUT2D eigenvalue weighted by Crippen LogP contribution is -2.19. The molecule has 0 amide bonds. The topological polar surface area (TPSA) is 43.4 Å². The van der Waals surface area contributed by atoms with Gasteiger partial charge in [-0.3, -0.25) is 9.59 Å². The number of hydrogen-bond acceptors (Lipinski definition) is 3. The van der Waals surface area contributed by atoms with Crippen LogP contribution in [0.25, 0.3) is 11.1 Å².